The third-order valence-corrected chi connectivity index (χ3v) is 4.46. The lowest BCUT2D eigenvalue weighted by Crippen LogP contribution is -2.35. The van der Waals surface area contributed by atoms with E-state index in [0.717, 1.165) is 16.3 Å². The van der Waals surface area contributed by atoms with Gasteiger partial charge in [-0.1, -0.05) is 59.6 Å². The molecule has 0 aliphatic carbocycles. The summed E-state index contributed by atoms with van der Waals surface area (Å²) in [5.74, 6) is 0.449. The molecule has 5 heteroatoms. The van der Waals surface area contributed by atoms with Gasteiger partial charge in [0.25, 0.3) is 5.91 Å². The second-order valence-corrected chi connectivity index (χ2v) is 6.57. The van der Waals surface area contributed by atoms with Crippen LogP contribution < -0.4 is 10.1 Å². The molecule has 25 heavy (non-hydrogen) atoms. The van der Waals surface area contributed by atoms with Crippen LogP contribution in [0.1, 0.15) is 12.5 Å². The van der Waals surface area contributed by atoms with E-state index in [1.165, 1.54) is 0 Å². The zero-order valence-electron chi connectivity index (χ0n) is 13.6. The van der Waals surface area contributed by atoms with E-state index in [9.17, 15) is 4.79 Å². The smallest absolute Gasteiger partial charge is 0.261 e. The second-order valence-electron chi connectivity index (χ2n) is 5.72. The molecule has 3 nitrogen and oxygen atoms in total. The van der Waals surface area contributed by atoms with Crippen molar-refractivity contribution >= 4 is 39.9 Å². The summed E-state index contributed by atoms with van der Waals surface area (Å²) in [7, 11) is 0. The maximum absolute atomic E-state index is 12.3. The molecule has 0 aromatic heterocycles. The minimum atomic E-state index is -0.618. The van der Waals surface area contributed by atoms with Crippen LogP contribution in [-0.2, 0) is 11.3 Å². The van der Waals surface area contributed by atoms with Gasteiger partial charge < -0.3 is 10.1 Å². The summed E-state index contributed by atoms with van der Waals surface area (Å²) >= 11 is 12.0. The number of rotatable bonds is 5. The number of benzene rings is 3. The van der Waals surface area contributed by atoms with Crippen molar-refractivity contribution in [2.45, 2.75) is 19.6 Å². The third-order valence-electron chi connectivity index (χ3n) is 3.87. The van der Waals surface area contributed by atoms with Gasteiger partial charge in [0.15, 0.2) is 6.10 Å². The van der Waals surface area contributed by atoms with E-state index in [2.05, 4.69) is 5.32 Å². The average Bonchev–Trinajstić information content (AvgIpc) is 2.60. The lowest BCUT2D eigenvalue weighted by atomic mass is 10.1. The largest absolute Gasteiger partial charge is 0.481 e. The van der Waals surface area contributed by atoms with Crippen molar-refractivity contribution in [3.05, 3.63) is 76.3 Å². The Balaban J connectivity index is 1.61. The summed E-state index contributed by atoms with van der Waals surface area (Å²) in [6.45, 7) is 2.04. The van der Waals surface area contributed by atoms with Gasteiger partial charge in [0.05, 0.1) is 0 Å². The van der Waals surface area contributed by atoms with E-state index in [4.69, 9.17) is 27.9 Å². The molecule has 0 saturated heterocycles. The van der Waals surface area contributed by atoms with Crippen LogP contribution in [0, 0.1) is 0 Å². The number of carbonyl (C=O) groups is 1. The van der Waals surface area contributed by atoms with Crippen LogP contribution in [0.15, 0.2) is 60.7 Å². The van der Waals surface area contributed by atoms with Crippen LogP contribution >= 0.6 is 23.2 Å². The number of fused-ring (bicyclic) bond motifs is 1. The molecule has 0 aliphatic rings. The number of amides is 1. The molecule has 1 amide bonds. The fourth-order valence-electron chi connectivity index (χ4n) is 2.49. The molecular formula is C20H17Cl2NO2. The first-order valence-corrected chi connectivity index (χ1v) is 8.65. The summed E-state index contributed by atoms with van der Waals surface area (Å²) in [6, 6.07) is 18.9. The van der Waals surface area contributed by atoms with Crippen molar-refractivity contribution in [1.82, 2.24) is 5.32 Å². The summed E-state index contributed by atoms with van der Waals surface area (Å²) in [6.07, 6.45) is -0.618. The number of ether oxygens (including phenoxy) is 1. The molecule has 0 fully saturated rings. The van der Waals surface area contributed by atoms with Crippen LogP contribution in [0.4, 0.5) is 0 Å². The van der Waals surface area contributed by atoms with Gasteiger partial charge in [0.1, 0.15) is 5.75 Å². The lowest BCUT2D eigenvalue weighted by Gasteiger charge is -2.15. The molecule has 3 rings (SSSR count). The fourth-order valence-corrected chi connectivity index (χ4v) is 2.96. The second kappa shape index (κ2) is 7.77. The van der Waals surface area contributed by atoms with Gasteiger partial charge in [0, 0.05) is 16.6 Å². The van der Waals surface area contributed by atoms with Crippen molar-refractivity contribution < 1.29 is 9.53 Å². The minimum Gasteiger partial charge on any atom is -0.481 e. The molecule has 128 valence electrons. The predicted molar refractivity (Wildman–Crippen MR) is 102 cm³/mol. The Labute approximate surface area is 156 Å². The molecule has 0 heterocycles. The first kappa shape index (κ1) is 17.6. The Hall–Kier alpha value is -2.23. The quantitative estimate of drug-likeness (QED) is 0.664. The van der Waals surface area contributed by atoms with Crippen molar-refractivity contribution in [3.63, 3.8) is 0 Å². The van der Waals surface area contributed by atoms with Gasteiger partial charge in [-0.05, 0) is 47.5 Å². The molecular weight excluding hydrogens is 357 g/mol. The van der Waals surface area contributed by atoms with E-state index in [1.54, 1.807) is 25.1 Å². The number of halogens is 2. The van der Waals surface area contributed by atoms with E-state index in [1.807, 2.05) is 42.5 Å². The van der Waals surface area contributed by atoms with E-state index in [-0.39, 0.29) is 5.91 Å². The summed E-state index contributed by atoms with van der Waals surface area (Å²) in [4.78, 5) is 12.3. The number of hydrogen-bond donors (Lipinski definition) is 1. The number of hydrogen-bond acceptors (Lipinski definition) is 2. The molecule has 1 N–H and O–H groups in total. The van der Waals surface area contributed by atoms with E-state index >= 15 is 0 Å². The van der Waals surface area contributed by atoms with Crippen LogP contribution in [0.2, 0.25) is 10.0 Å². The van der Waals surface area contributed by atoms with E-state index < -0.39 is 6.10 Å². The maximum atomic E-state index is 12.3. The highest BCUT2D eigenvalue weighted by atomic mass is 35.5. The van der Waals surface area contributed by atoms with Gasteiger partial charge in [-0.15, -0.1) is 0 Å². The highest BCUT2D eigenvalue weighted by Gasteiger charge is 2.15. The molecule has 0 spiro atoms. The lowest BCUT2D eigenvalue weighted by molar-refractivity contribution is -0.127. The van der Waals surface area contributed by atoms with Gasteiger partial charge in [-0.2, -0.15) is 0 Å². The number of carbonyl (C=O) groups excluding carboxylic acids is 1. The molecule has 3 aromatic carbocycles. The van der Waals surface area contributed by atoms with Gasteiger partial charge >= 0.3 is 0 Å². The van der Waals surface area contributed by atoms with Crippen LogP contribution in [0.5, 0.6) is 5.75 Å². The van der Waals surface area contributed by atoms with Crippen molar-refractivity contribution in [2.75, 3.05) is 0 Å². The van der Waals surface area contributed by atoms with Crippen LogP contribution in [-0.4, -0.2) is 12.0 Å². The summed E-state index contributed by atoms with van der Waals surface area (Å²) in [5.41, 5.74) is 0.803. The standard InChI is InChI=1S/C20H17Cl2NO2/c1-13(20(24)23-12-16-6-8-17(21)11-19(16)22)25-18-9-7-14-4-2-3-5-15(14)10-18/h2-11,13H,12H2,1H3,(H,23,24)/t13-/m0/s1. The SMILES string of the molecule is C[C@H](Oc1ccc2ccccc2c1)C(=O)NCc1ccc(Cl)cc1Cl. The molecule has 0 radical (unpaired) electrons. The van der Waals surface area contributed by atoms with Crippen molar-refractivity contribution in [2.24, 2.45) is 0 Å². The van der Waals surface area contributed by atoms with Crippen LogP contribution in [0.25, 0.3) is 10.8 Å². The predicted octanol–water partition coefficient (Wildman–Crippen LogP) is 5.23. The Morgan fingerprint density at radius 2 is 1.80 bits per heavy atom. The van der Waals surface area contributed by atoms with Gasteiger partial charge in [0.2, 0.25) is 0 Å². The molecule has 1 atom stereocenters. The maximum Gasteiger partial charge on any atom is 0.261 e. The first-order chi connectivity index (χ1) is 12.0. The summed E-state index contributed by atoms with van der Waals surface area (Å²) < 4.78 is 5.76. The molecule has 0 aliphatic heterocycles. The Bertz CT molecular complexity index is 911. The molecule has 0 unspecified atom stereocenters. The Kier molecular flexibility index (Phi) is 5.47. The van der Waals surface area contributed by atoms with Crippen LogP contribution in [0.3, 0.4) is 0 Å². The zero-order chi connectivity index (χ0) is 17.8. The van der Waals surface area contributed by atoms with Crippen molar-refractivity contribution in [1.29, 1.82) is 0 Å². The fraction of sp³-hybridized carbons (Fsp3) is 0.150. The number of nitrogens with one attached hydrogen (secondary N) is 1. The average molecular weight is 374 g/mol. The normalized spacial score (nSPS) is 12.0. The monoisotopic (exact) mass is 373 g/mol. The molecule has 3 aromatic rings. The van der Waals surface area contributed by atoms with Gasteiger partial charge in [-0.3, -0.25) is 4.79 Å². The van der Waals surface area contributed by atoms with Crippen molar-refractivity contribution in [3.8, 4) is 5.75 Å². The zero-order valence-corrected chi connectivity index (χ0v) is 15.1. The summed E-state index contributed by atoms with van der Waals surface area (Å²) in [5, 5.41) is 6.11. The Morgan fingerprint density at radius 1 is 1.04 bits per heavy atom. The van der Waals surface area contributed by atoms with Gasteiger partial charge in [-0.25, -0.2) is 0 Å². The Morgan fingerprint density at radius 3 is 2.56 bits per heavy atom. The minimum absolute atomic E-state index is 0.209. The topological polar surface area (TPSA) is 38.3 Å². The molecule has 0 saturated carbocycles. The third kappa shape index (κ3) is 4.44. The molecule has 0 bridgehead atoms. The van der Waals surface area contributed by atoms with E-state index in [0.29, 0.717) is 22.3 Å². The highest BCUT2D eigenvalue weighted by Crippen LogP contribution is 2.22. The first-order valence-electron chi connectivity index (χ1n) is 7.90. The highest BCUT2D eigenvalue weighted by molar-refractivity contribution is 6.35.